The summed E-state index contributed by atoms with van der Waals surface area (Å²) in [5, 5.41) is 0. The van der Waals surface area contributed by atoms with Crippen LogP contribution < -0.4 is 0 Å². The second-order valence-corrected chi connectivity index (χ2v) is 3.21. The van der Waals surface area contributed by atoms with Gasteiger partial charge in [0.25, 0.3) is 0 Å². The van der Waals surface area contributed by atoms with Gasteiger partial charge in [0.05, 0.1) is 0 Å². The number of rotatable bonds is 4. The van der Waals surface area contributed by atoms with Crippen LogP contribution in [-0.2, 0) is 6.42 Å². The summed E-state index contributed by atoms with van der Waals surface area (Å²) in [7, 11) is 0. The molecule has 0 saturated carbocycles. The molecule has 1 rings (SSSR count). The molecule has 0 fully saturated rings. The zero-order valence-electron chi connectivity index (χ0n) is 8.29. The highest BCUT2D eigenvalue weighted by atomic mass is 14.0. The zero-order chi connectivity index (χ0) is 10.2. The Labute approximate surface area is 86.3 Å². The van der Waals surface area contributed by atoms with E-state index in [-0.39, 0.29) is 0 Å². The average molecular weight is 182 g/mol. The highest BCUT2D eigenvalue weighted by Gasteiger charge is 1.97. The van der Waals surface area contributed by atoms with Crippen LogP contribution in [0.15, 0.2) is 24.3 Å². The fourth-order valence-corrected chi connectivity index (χ4v) is 1.42. The molecule has 0 amide bonds. The van der Waals surface area contributed by atoms with Crippen LogP contribution in [0, 0.1) is 24.7 Å². The topological polar surface area (TPSA) is 0 Å². The van der Waals surface area contributed by atoms with E-state index in [2.05, 4.69) is 17.9 Å². The summed E-state index contributed by atoms with van der Waals surface area (Å²) >= 11 is 0. The van der Waals surface area contributed by atoms with Crippen LogP contribution >= 0.6 is 0 Å². The Bertz CT molecular complexity index is 360. The van der Waals surface area contributed by atoms with Gasteiger partial charge in [-0.2, -0.15) is 0 Å². The highest BCUT2D eigenvalue weighted by molar-refractivity contribution is 5.39. The Balaban J connectivity index is 2.51. The summed E-state index contributed by atoms with van der Waals surface area (Å²) in [6.07, 6.45) is 14.7. The Hall–Kier alpha value is -1.66. The van der Waals surface area contributed by atoms with E-state index in [1.54, 1.807) is 0 Å². The molecule has 0 saturated heterocycles. The number of aryl methyl sites for hydroxylation is 1. The number of unbranched alkanes of at least 4 members (excludes halogenated alkanes) is 2. The van der Waals surface area contributed by atoms with E-state index in [9.17, 15) is 0 Å². The van der Waals surface area contributed by atoms with Gasteiger partial charge in [0, 0.05) is 12.0 Å². The molecule has 14 heavy (non-hydrogen) atoms. The molecule has 1 aromatic carbocycles. The fraction of sp³-hybridized carbons (Fsp3) is 0.286. The lowest BCUT2D eigenvalue weighted by Gasteiger charge is -2.02. The smallest absolute Gasteiger partial charge is 0.0274 e. The molecule has 0 nitrogen and oxygen atoms in total. The van der Waals surface area contributed by atoms with E-state index in [0.29, 0.717) is 0 Å². The second kappa shape index (κ2) is 5.90. The molecule has 0 radical (unpaired) electrons. The van der Waals surface area contributed by atoms with E-state index >= 15 is 0 Å². The Morgan fingerprint density at radius 2 is 1.86 bits per heavy atom. The maximum atomic E-state index is 5.40. The van der Waals surface area contributed by atoms with Crippen LogP contribution in [0.3, 0.4) is 0 Å². The van der Waals surface area contributed by atoms with Crippen LogP contribution in [0.2, 0.25) is 0 Å². The normalized spacial score (nSPS) is 9.00. The Kier molecular flexibility index (Phi) is 4.39. The number of hydrogen-bond donors (Lipinski definition) is 0. The zero-order valence-corrected chi connectivity index (χ0v) is 8.29. The van der Waals surface area contributed by atoms with E-state index in [1.165, 1.54) is 5.56 Å². The van der Waals surface area contributed by atoms with Gasteiger partial charge in [0.15, 0.2) is 0 Å². The summed E-state index contributed by atoms with van der Waals surface area (Å²) in [4.78, 5) is 0. The number of terminal acetylenes is 2. The van der Waals surface area contributed by atoms with Crippen molar-refractivity contribution >= 4 is 0 Å². The maximum Gasteiger partial charge on any atom is 0.0274 e. The molecule has 0 unspecified atom stereocenters. The van der Waals surface area contributed by atoms with Gasteiger partial charge in [-0.3, -0.25) is 0 Å². The minimum atomic E-state index is 0.859. The SMILES string of the molecule is C#CCCCCc1ccccc1C#C. The lowest BCUT2D eigenvalue weighted by molar-refractivity contribution is 0.756. The lowest BCUT2D eigenvalue weighted by Crippen LogP contribution is -1.89. The van der Waals surface area contributed by atoms with Crippen LogP contribution in [0.25, 0.3) is 0 Å². The average Bonchev–Trinajstić information content (AvgIpc) is 2.25. The van der Waals surface area contributed by atoms with E-state index in [0.717, 1.165) is 31.2 Å². The molecule has 0 aliphatic carbocycles. The molecule has 70 valence electrons. The summed E-state index contributed by atoms with van der Waals surface area (Å²) < 4.78 is 0. The monoisotopic (exact) mass is 182 g/mol. The largest absolute Gasteiger partial charge is 0.120 e. The van der Waals surface area contributed by atoms with Crippen molar-refractivity contribution in [2.75, 3.05) is 0 Å². The van der Waals surface area contributed by atoms with Crippen LogP contribution in [0.1, 0.15) is 30.4 Å². The summed E-state index contributed by atoms with van der Waals surface area (Å²) in [5.74, 6) is 5.34. The number of benzene rings is 1. The minimum Gasteiger partial charge on any atom is -0.120 e. The first-order valence-electron chi connectivity index (χ1n) is 4.86. The van der Waals surface area contributed by atoms with Gasteiger partial charge in [-0.25, -0.2) is 0 Å². The molecule has 0 atom stereocenters. The molecule has 0 N–H and O–H groups in total. The summed E-state index contributed by atoms with van der Waals surface area (Å²) in [5.41, 5.74) is 2.26. The van der Waals surface area contributed by atoms with Gasteiger partial charge in [-0.05, 0) is 30.9 Å². The molecule has 0 aliphatic rings. The van der Waals surface area contributed by atoms with Crippen molar-refractivity contribution in [1.29, 1.82) is 0 Å². The molecule has 0 spiro atoms. The van der Waals surface area contributed by atoms with Gasteiger partial charge < -0.3 is 0 Å². The first-order chi connectivity index (χ1) is 6.88. The predicted octanol–water partition coefficient (Wildman–Crippen LogP) is 3.01. The standard InChI is InChI=1S/C14H14/c1-3-5-6-7-11-14-12-9-8-10-13(14)4-2/h1-2,8-10,12H,5-7,11H2. The Morgan fingerprint density at radius 3 is 2.57 bits per heavy atom. The van der Waals surface area contributed by atoms with Crippen LogP contribution in [-0.4, -0.2) is 0 Å². The van der Waals surface area contributed by atoms with Crippen molar-refractivity contribution in [1.82, 2.24) is 0 Å². The third-order valence-corrected chi connectivity index (χ3v) is 2.19. The first-order valence-corrected chi connectivity index (χ1v) is 4.86. The van der Waals surface area contributed by atoms with Crippen molar-refractivity contribution in [3.8, 4) is 24.7 Å². The van der Waals surface area contributed by atoms with Gasteiger partial charge in [-0.1, -0.05) is 24.1 Å². The third-order valence-electron chi connectivity index (χ3n) is 2.19. The van der Waals surface area contributed by atoms with Crippen molar-refractivity contribution < 1.29 is 0 Å². The molecular weight excluding hydrogens is 168 g/mol. The third kappa shape index (κ3) is 3.00. The van der Waals surface area contributed by atoms with Gasteiger partial charge >= 0.3 is 0 Å². The summed E-state index contributed by atoms with van der Waals surface area (Å²) in [6, 6.07) is 8.07. The van der Waals surface area contributed by atoms with E-state index < -0.39 is 0 Å². The van der Waals surface area contributed by atoms with Crippen molar-refractivity contribution in [3.05, 3.63) is 35.4 Å². The second-order valence-electron chi connectivity index (χ2n) is 3.21. The van der Waals surface area contributed by atoms with E-state index in [1.807, 2.05) is 18.2 Å². The molecular formula is C14H14. The van der Waals surface area contributed by atoms with Crippen LogP contribution in [0.5, 0.6) is 0 Å². The molecule has 1 aromatic rings. The van der Waals surface area contributed by atoms with Gasteiger partial charge in [-0.15, -0.1) is 18.8 Å². The first kappa shape index (κ1) is 10.4. The van der Waals surface area contributed by atoms with Crippen molar-refractivity contribution in [3.63, 3.8) is 0 Å². The predicted molar refractivity (Wildman–Crippen MR) is 60.8 cm³/mol. The highest BCUT2D eigenvalue weighted by Crippen LogP contribution is 2.11. The van der Waals surface area contributed by atoms with E-state index in [4.69, 9.17) is 12.8 Å². The lowest BCUT2D eigenvalue weighted by atomic mass is 10.0. The van der Waals surface area contributed by atoms with Gasteiger partial charge in [0.1, 0.15) is 0 Å². The molecule has 0 aliphatic heterocycles. The van der Waals surface area contributed by atoms with Crippen molar-refractivity contribution in [2.24, 2.45) is 0 Å². The van der Waals surface area contributed by atoms with Gasteiger partial charge in [0.2, 0.25) is 0 Å². The van der Waals surface area contributed by atoms with Crippen LogP contribution in [0.4, 0.5) is 0 Å². The molecule has 0 heterocycles. The Morgan fingerprint density at radius 1 is 1.07 bits per heavy atom. The van der Waals surface area contributed by atoms with Crippen molar-refractivity contribution in [2.45, 2.75) is 25.7 Å². The minimum absolute atomic E-state index is 0.859. The molecule has 0 heteroatoms. The quantitative estimate of drug-likeness (QED) is 0.496. The fourth-order valence-electron chi connectivity index (χ4n) is 1.42. The summed E-state index contributed by atoms with van der Waals surface area (Å²) in [6.45, 7) is 0. The molecule has 0 bridgehead atoms. The maximum absolute atomic E-state index is 5.40. The molecule has 0 aromatic heterocycles. The number of hydrogen-bond acceptors (Lipinski definition) is 0.